The van der Waals surface area contributed by atoms with Crippen LogP contribution in [0.25, 0.3) is 0 Å². The average molecular weight is 750 g/mol. The molecule has 0 saturated carbocycles. The number of allylic oxidation sites excluding steroid dienone is 7. The van der Waals surface area contributed by atoms with Crippen LogP contribution in [0.15, 0.2) is 48.6 Å². The normalized spacial score (nSPS) is 13.7. The van der Waals surface area contributed by atoms with Crippen LogP contribution in [0.1, 0.15) is 213 Å². The number of carbonyl (C=O) groups excluding carboxylic acids is 1. The molecule has 0 fully saturated rings. The molecule has 0 aromatic heterocycles. The summed E-state index contributed by atoms with van der Waals surface area (Å²) in [7, 11) is -4.36. The van der Waals surface area contributed by atoms with Crippen molar-refractivity contribution in [3.63, 3.8) is 0 Å². The van der Waals surface area contributed by atoms with Crippen LogP contribution in [-0.2, 0) is 14.9 Å². The van der Waals surface area contributed by atoms with E-state index in [4.69, 9.17) is 0 Å². The maximum atomic E-state index is 12.5. The summed E-state index contributed by atoms with van der Waals surface area (Å²) in [6.07, 6.45) is 52.4. The van der Waals surface area contributed by atoms with Crippen LogP contribution in [0.5, 0.6) is 0 Å². The molecule has 2 unspecified atom stereocenters. The van der Waals surface area contributed by atoms with Crippen molar-refractivity contribution in [2.75, 3.05) is 5.75 Å². The number of amides is 1. The van der Waals surface area contributed by atoms with E-state index in [0.717, 1.165) is 51.4 Å². The van der Waals surface area contributed by atoms with Crippen molar-refractivity contribution < 1.29 is 22.9 Å². The van der Waals surface area contributed by atoms with E-state index >= 15 is 0 Å². The Labute approximate surface area is 322 Å². The fourth-order valence-electron chi connectivity index (χ4n) is 6.44. The van der Waals surface area contributed by atoms with E-state index in [1.807, 2.05) is 6.08 Å². The van der Waals surface area contributed by atoms with Gasteiger partial charge in [-0.1, -0.05) is 191 Å². The number of hydrogen-bond acceptors (Lipinski definition) is 4. The van der Waals surface area contributed by atoms with E-state index in [-0.39, 0.29) is 12.3 Å². The molecule has 6 nitrogen and oxygen atoms in total. The van der Waals surface area contributed by atoms with Crippen LogP contribution in [-0.4, -0.2) is 41.9 Å². The van der Waals surface area contributed by atoms with Crippen molar-refractivity contribution in [2.45, 2.75) is 225 Å². The first kappa shape index (κ1) is 50.3. The van der Waals surface area contributed by atoms with Crippen molar-refractivity contribution in [1.29, 1.82) is 0 Å². The Morgan fingerprint density at radius 1 is 0.519 bits per heavy atom. The largest absolute Gasteiger partial charge is 0.387 e. The first-order chi connectivity index (χ1) is 25.3. The van der Waals surface area contributed by atoms with E-state index in [9.17, 15) is 22.9 Å². The number of hydrogen-bond donors (Lipinski definition) is 3. The van der Waals surface area contributed by atoms with Crippen LogP contribution in [0.3, 0.4) is 0 Å². The van der Waals surface area contributed by atoms with Gasteiger partial charge in [0.2, 0.25) is 5.91 Å². The molecule has 1 amide bonds. The summed E-state index contributed by atoms with van der Waals surface area (Å²) in [5, 5.41) is 13.2. The second-order valence-corrected chi connectivity index (χ2v) is 16.5. The minimum absolute atomic E-state index is 0.278. The topological polar surface area (TPSA) is 104 Å². The number of aliphatic hydroxyl groups is 1. The molecule has 52 heavy (non-hydrogen) atoms. The van der Waals surface area contributed by atoms with E-state index in [0.29, 0.717) is 6.42 Å². The SMILES string of the molecule is CCCCC/C=C\C/C=C\CCCCCCCCCC(=O)NC(CS(=O)(=O)O)C(O)/C=C/CC/C=C/CCCCCCCCCCCCCCCC. The molecule has 0 aromatic carbocycles. The minimum atomic E-state index is -4.36. The smallest absolute Gasteiger partial charge is 0.267 e. The monoisotopic (exact) mass is 750 g/mol. The number of carbonyl (C=O) groups is 1. The van der Waals surface area contributed by atoms with Gasteiger partial charge in [-0.15, -0.1) is 0 Å². The Morgan fingerprint density at radius 2 is 0.885 bits per heavy atom. The van der Waals surface area contributed by atoms with E-state index < -0.39 is 28.0 Å². The molecular weight excluding hydrogens is 667 g/mol. The predicted molar refractivity (Wildman–Crippen MR) is 225 cm³/mol. The first-order valence-corrected chi connectivity index (χ1v) is 23.4. The van der Waals surface area contributed by atoms with Gasteiger partial charge in [-0.25, -0.2) is 0 Å². The number of nitrogens with one attached hydrogen (secondary N) is 1. The molecule has 0 saturated heterocycles. The van der Waals surface area contributed by atoms with Gasteiger partial charge in [0.25, 0.3) is 10.1 Å². The van der Waals surface area contributed by atoms with Crippen LogP contribution >= 0.6 is 0 Å². The second-order valence-electron chi connectivity index (χ2n) is 15.0. The fraction of sp³-hybridized carbons (Fsp3) is 0.800. The highest BCUT2D eigenvalue weighted by molar-refractivity contribution is 7.85. The molecule has 0 heterocycles. The Bertz CT molecular complexity index is 1000. The highest BCUT2D eigenvalue weighted by Crippen LogP contribution is 2.14. The van der Waals surface area contributed by atoms with Crippen molar-refractivity contribution in [3.8, 4) is 0 Å². The summed E-state index contributed by atoms with van der Waals surface area (Å²) in [5.41, 5.74) is 0. The number of aliphatic hydroxyl groups excluding tert-OH is 1. The lowest BCUT2D eigenvalue weighted by molar-refractivity contribution is -0.122. The zero-order valence-corrected chi connectivity index (χ0v) is 34.7. The van der Waals surface area contributed by atoms with Crippen molar-refractivity contribution in [2.24, 2.45) is 0 Å². The average Bonchev–Trinajstić information content (AvgIpc) is 3.11. The third-order valence-electron chi connectivity index (χ3n) is 9.73. The highest BCUT2D eigenvalue weighted by atomic mass is 32.2. The standard InChI is InChI=1S/C45H83NO5S/c1-3-5-7-9-11-13-15-17-19-21-22-23-25-26-28-30-32-34-36-38-40-44(47)43(42-52(49,50)51)46-45(48)41-39-37-35-33-31-29-27-24-20-18-16-14-12-10-8-6-4-2/h12,14,18,20,30,32,38,40,43-44,47H,3-11,13,15-17,19,21-29,31,33-37,39,41-42H2,1-2H3,(H,46,48)(H,49,50,51)/b14-12-,20-18-,32-30+,40-38+. The van der Waals surface area contributed by atoms with Gasteiger partial charge in [-0.2, -0.15) is 8.42 Å². The maximum Gasteiger partial charge on any atom is 0.267 e. The third-order valence-corrected chi connectivity index (χ3v) is 10.5. The predicted octanol–water partition coefficient (Wildman–Crippen LogP) is 13.1. The van der Waals surface area contributed by atoms with Gasteiger partial charge in [0.05, 0.1) is 17.9 Å². The molecule has 0 aromatic rings. The van der Waals surface area contributed by atoms with Crippen molar-refractivity contribution in [3.05, 3.63) is 48.6 Å². The number of unbranched alkanes of at least 4 members (excludes halogenated alkanes) is 25. The lowest BCUT2D eigenvalue weighted by Gasteiger charge is -2.21. The van der Waals surface area contributed by atoms with Crippen molar-refractivity contribution in [1.82, 2.24) is 5.32 Å². The van der Waals surface area contributed by atoms with E-state index in [1.165, 1.54) is 141 Å². The molecule has 0 radical (unpaired) electrons. The first-order valence-electron chi connectivity index (χ1n) is 21.8. The lowest BCUT2D eigenvalue weighted by Crippen LogP contribution is -2.46. The third kappa shape index (κ3) is 39.5. The van der Waals surface area contributed by atoms with E-state index in [1.54, 1.807) is 0 Å². The fourth-order valence-corrected chi connectivity index (χ4v) is 7.17. The van der Waals surface area contributed by atoms with Gasteiger partial charge in [0.1, 0.15) is 0 Å². The van der Waals surface area contributed by atoms with Crippen LogP contribution in [0, 0.1) is 0 Å². The minimum Gasteiger partial charge on any atom is -0.387 e. The van der Waals surface area contributed by atoms with Crippen molar-refractivity contribution >= 4 is 16.0 Å². The molecule has 2 atom stereocenters. The maximum absolute atomic E-state index is 12.5. The van der Waals surface area contributed by atoms with Gasteiger partial charge < -0.3 is 10.4 Å². The van der Waals surface area contributed by atoms with Gasteiger partial charge in [0.15, 0.2) is 0 Å². The van der Waals surface area contributed by atoms with Crippen LogP contribution in [0.2, 0.25) is 0 Å². The van der Waals surface area contributed by atoms with Gasteiger partial charge in [-0.05, 0) is 64.2 Å². The summed E-state index contributed by atoms with van der Waals surface area (Å²) < 4.78 is 32.5. The molecule has 0 aliphatic carbocycles. The van der Waals surface area contributed by atoms with Crippen LogP contribution < -0.4 is 5.32 Å². The molecule has 0 aliphatic heterocycles. The van der Waals surface area contributed by atoms with Crippen LogP contribution in [0.4, 0.5) is 0 Å². The molecule has 0 aliphatic rings. The number of rotatable bonds is 39. The Balaban J connectivity index is 3.95. The molecule has 0 spiro atoms. The lowest BCUT2D eigenvalue weighted by atomic mass is 10.0. The molecule has 0 rings (SSSR count). The Hall–Kier alpha value is -1.70. The molecule has 3 N–H and O–H groups in total. The van der Waals surface area contributed by atoms with E-state index in [2.05, 4.69) is 55.6 Å². The summed E-state index contributed by atoms with van der Waals surface area (Å²) in [5.74, 6) is -1.01. The highest BCUT2D eigenvalue weighted by Gasteiger charge is 2.24. The second kappa shape index (κ2) is 39.0. The van der Waals surface area contributed by atoms with Gasteiger partial charge in [0, 0.05) is 6.42 Å². The summed E-state index contributed by atoms with van der Waals surface area (Å²) in [6.45, 7) is 4.51. The molecule has 0 bridgehead atoms. The summed E-state index contributed by atoms with van der Waals surface area (Å²) in [4.78, 5) is 12.5. The molecular formula is C45H83NO5S. The molecule has 304 valence electrons. The van der Waals surface area contributed by atoms with Gasteiger partial charge in [-0.3, -0.25) is 9.35 Å². The zero-order chi connectivity index (χ0) is 38.2. The Morgan fingerprint density at radius 3 is 1.37 bits per heavy atom. The van der Waals surface area contributed by atoms with Gasteiger partial charge >= 0.3 is 0 Å². The quantitative estimate of drug-likeness (QED) is 0.0330. The molecule has 7 heteroatoms. The zero-order valence-electron chi connectivity index (χ0n) is 33.9. The Kier molecular flexibility index (Phi) is 37.7. The summed E-state index contributed by atoms with van der Waals surface area (Å²) >= 11 is 0. The summed E-state index contributed by atoms with van der Waals surface area (Å²) in [6, 6.07) is -1.08.